The number of nitrogens with one attached hydrogen (secondary N) is 1. The van der Waals surface area contributed by atoms with Crippen LogP contribution in [0.2, 0.25) is 0 Å². The highest BCUT2D eigenvalue weighted by atomic mass is 32.2. The van der Waals surface area contributed by atoms with Gasteiger partial charge >= 0.3 is 0 Å². The molecule has 0 aliphatic carbocycles. The van der Waals surface area contributed by atoms with E-state index in [1.165, 1.54) is 11.8 Å². The highest BCUT2D eigenvalue weighted by Gasteiger charge is 2.16. The van der Waals surface area contributed by atoms with Crippen LogP contribution in [-0.2, 0) is 4.79 Å². The molecule has 4 rings (SSSR count). The standard InChI is InChI=1S/C26H25N5O2S/c1-3-18(2)31-25(33)22-11-7-8-12-23(22)28-26(31)34-17-24(32)27-19-13-15-21(16-14-19)30-29-20-9-5-4-6-10-20/h4-16,18H,3,17H2,1-2H3,(H,27,32). The second kappa shape index (κ2) is 10.9. The van der Waals surface area contributed by atoms with Crippen LogP contribution in [0.3, 0.4) is 0 Å². The number of carbonyl (C=O) groups excluding carboxylic acids is 1. The summed E-state index contributed by atoms with van der Waals surface area (Å²) < 4.78 is 1.69. The highest BCUT2D eigenvalue weighted by Crippen LogP contribution is 2.23. The van der Waals surface area contributed by atoms with Crippen molar-refractivity contribution in [2.45, 2.75) is 31.5 Å². The fourth-order valence-corrected chi connectivity index (χ4v) is 4.24. The topological polar surface area (TPSA) is 88.7 Å². The van der Waals surface area contributed by atoms with Gasteiger partial charge in [0.2, 0.25) is 5.91 Å². The van der Waals surface area contributed by atoms with Crippen LogP contribution in [0.1, 0.15) is 26.3 Å². The zero-order chi connectivity index (χ0) is 23.9. The average Bonchev–Trinajstić information content (AvgIpc) is 2.87. The second-order valence-corrected chi connectivity index (χ2v) is 8.71. The van der Waals surface area contributed by atoms with Crippen LogP contribution in [0.4, 0.5) is 17.1 Å². The summed E-state index contributed by atoms with van der Waals surface area (Å²) in [5.41, 5.74) is 2.68. The lowest BCUT2D eigenvalue weighted by atomic mass is 10.2. The number of fused-ring (bicyclic) bond motifs is 1. The number of benzene rings is 3. The molecule has 0 saturated heterocycles. The third-order valence-corrected chi connectivity index (χ3v) is 6.28. The zero-order valence-electron chi connectivity index (χ0n) is 19.0. The minimum absolute atomic E-state index is 0.0206. The van der Waals surface area contributed by atoms with E-state index in [2.05, 4.69) is 20.5 Å². The number of azo groups is 1. The van der Waals surface area contributed by atoms with E-state index in [4.69, 9.17) is 0 Å². The largest absolute Gasteiger partial charge is 0.325 e. The number of amides is 1. The van der Waals surface area contributed by atoms with Crippen molar-refractivity contribution in [3.63, 3.8) is 0 Å². The Hall–Kier alpha value is -3.78. The Bertz CT molecular complexity index is 1370. The van der Waals surface area contributed by atoms with E-state index in [1.54, 1.807) is 34.9 Å². The molecule has 1 N–H and O–H groups in total. The Kier molecular flexibility index (Phi) is 7.49. The molecule has 0 saturated carbocycles. The maximum Gasteiger partial charge on any atom is 0.262 e. The number of anilines is 1. The molecule has 0 spiro atoms. The molecule has 0 aliphatic rings. The van der Waals surface area contributed by atoms with Crippen LogP contribution in [-0.4, -0.2) is 21.2 Å². The highest BCUT2D eigenvalue weighted by molar-refractivity contribution is 7.99. The molecule has 0 radical (unpaired) electrons. The summed E-state index contributed by atoms with van der Waals surface area (Å²) in [5.74, 6) is -0.0433. The first kappa shape index (κ1) is 23.4. The van der Waals surface area contributed by atoms with Crippen molar-refractivity contribution >= 4 is 45.6 Å². The lowest BCUT2D eigenvalue weighted by Crippen LogP contribution is -2.26. The maximum absolute atomic E-state index is 13.1. The first-order chi connectivity index (χ1) is 16.5. The second-order valence-electron chi connectivity index (χ2n) is 7.76. The molecule has 1 amide bonds. The van der Waals surface area contributed by atoms with Gasteiger partial charge in [0.25, 0.3) is 5.56 Å². The van der Waals surface area contributed by atoms with E-state index in [0.29, 0.717) is 27.4 Å². The first-order valence-corrected chi connectivity index (χ1v) is 12.0. The smallest absolute Gasteiger partial charge is 0.262 e. The van der Waals surface area contributed by atoms with Crippen molar-refractivity contribution in [3.8, 4) is 0 Å². The molecule has 0 fully saturated rings. The van der Waals surface area contributed by atoms with Gasteiger partial charge in [-0.3, -0.25) is 14.2 Å². The molecule has 1 aromatic heterocycles. The molecule has 34 heavy (non-hydrogen) atoms. The van der Waals surface area contributed by atoms with Crippen molar-refractivity contribution in [1.82, 2.24) is 9.55 Å². The molecule has 3 aromatic carbocycles. The summed E-state index contributed by atoms with van der Waals surface area (Å²) >= 11 is 1.26. The molecule has 1 unspecified atom stereocenters. The number of rotatable bonds is 8. The van der Waals surface area contributed by atoms with Crippen molar-refractivity contribution in [2.24, 2.45) is 10.2 Å². The van der Waals surface area contributed by atoms with Crippen LogP contribution in [0.5, 0.6) is 0 Å². The lowest BCUT2D eigenvalue weighted by molar-refractivity contribution is -0.113. The average molecular weight is 472 g/mol. The van der Waals surface area contributed by atoms with Gasteiger partial charge in [0.15, 0.2) is 5.16 Å². The molecular formula is C26H25N5O2S. The molecule has 4 aromatic rings. The number of para-hydroxylation sites is 1. The first-order valence-electron chi connectivity index (χ1n) is 11.1. The minimum atomic E-state index is -0.179. The van der Waals surface area contributed by atoms with Gasteiger partial charge in [0.1, 0.15) is 0 Å². The summed E-state index contributed by atoms with van der Waals surface area (Å²) in [4.78, 5) is 30.3. The molecule has 0 aliphatic heterocycles. The zero-order valence-corrected chi connectivity index (χ0v) is 19.8. The van der Waals surface area contributed by atoms with Crippen molar-refractivity contribution in [1.29, 1.82) is 0 Å². The van der Waals surface area contributed by atoms with Crippen LogP contribution in [0.15, 0.2) is 99.0 Å². The van der Waals surface area contributed by atoms with Crippen LogP contribution >= 0.6 is 11.8 Å². The summed E-state index contributed by atoms with van der Waals surface area (Å²) in [7, 11) is 0. The third-order valence-electron chi connectivity index (χ3n) is 5.33. The van der Waals surface area contributed by atoms with Gasteiger partial charge < -0.3 is 5.32 Å². The van der Waals surface area contributed by atoms with Gasteiger partial charge in [-0.1, -0.05) is 49.0 Å². The van der Waals surface area contributed by atoms with Crippen molar-refractivity contribution in [3.05, 3.63) is 89.2 Å². The van der Waals surface area contributed by atoms with E-state index in [-0.39, 0.29) is 23.3 Å². The number of aromatic nitrogens is 2. The summed E-state index contributed by atoms with van der Waals surface area (Å²) in [5, 5.41) is 12.4. The van der Waals surface area contributed by atoms with Crippen LogP contribution in [0.25, 0.3) is 10.9 Å². The Morgan fingerprint density at radius 2 is 1.62 bits per heavy atom. The molecule has 7 nitrogen and oxygen atoms in total. The normalized spacial score (nSPS) is 12.2. The number of hydrogen-bond donors (Lipinski definition) is 1. The Labute approximate surface area is 202 Å². The SMILES string of the molecule is CCC(C)n1c(SCC(=O)Nc2ccc(N=Nc3ccccc3)cc2)nc2ccccc2c1=O. The summed E-state index contributed by atoms with van der Waals surface area (Å²) in [6.45, 7) is 4.01. The summed E-state index contributed by atoms with van der Waals surface area (Å²) in [6.07, 6.45) is 0.785. The Morgan fingerprint density at radius 3 is 2.32 bits per heavy atom. The fourth-order valence-electron chi connectivity index (χ4n) is 3.35. The van der Waals surface area contributed by atoms with E-state index >= 15 is 0 Å². The molecule has 1 atom stereocenters. The van der Waals surface area contributed by atoms with Gasteiger partial charge in [-0.15, -0.1) is 0 Å². The lowest BCUT2D eigenvalue weighted by Gasteiger charge is -2.18. The predicted molar refractivity (Wildman–Crippen MR) is 137 cm³/mol. The van der Waals surface area contributed by atoms with E-state index in [9.17, 15) is 9.59 Å². The Balaban J connectivity index is 1.43. The molecular weight excluding hydrogens is 446 g/mol. The van der Waals surface area contributed by atoms with Crippen molar-refractivity contribution < 1.29 is 4.79 Å². The molecule has 172 valence electrons. The predicted octanol–water partition coefficient (Wildman–Crippen LogP) is 6.51. The number of carbonyl (C=O) groups is 1. The van der Waals surface area contributed by atoms with Gasteiger partial charge in [0, 0.05) is 11.7 Å². The van der Waals surface area contributed by atoms with Gasteiger partial charge in [0.05, 0.1) is 28.0 Å². The molecule has 8 heteroatoms. The third kappa shape index (κ3) is 5.58. The van der Waals surface area contributed by atoms with E-state index in [1.807, 2.05) is 62.4 Å². The fraction of sp³-hybridized carbons (Fsp3) is 0.192. The van der Waals surface area contributed by atoms with Crippen LogP contribution < -0.4 is 10.9 Å². The van der Waals surface area contributed by atoms with Crippen LogP contribution in [0, 0.1) is 0 Å². The van der Waals surface area contributed by atoms with Crippen molar-refractivity contribution in [2.75, 3.05) is 11.1 Å². The van der Waals surface area contributed by atoms with Gasteiger partial charge in [-0.05, 0) is 61.9 Å². The summed E-state index contributed by atoms with van der Waals surface area (Å²) in [6, 6.07) is 23.9. The molecule has 1 heterocycles. The monoisotopic (exact) mass is 471 g/mol. The van der Waals surface area contributed by atoms with Gasteiger partial charge in [-0.2, -0.15) is 10.2 Å². The quantitative estimate of drug-likeness (QED) is 0.180. The Morgan fingerprint density at radius 1 is 0.971 bits per heavy atom. The maximum atomic E-state index is 13.1. The van der Waals surface area contributed by atoms with Gasteiger partial charge in [-0.25, -0.2) is 4.98 Å². The molecule has 0 bridgehead atoms. The number of hydrogen-bond acceptors (Lipinski definition) is 6. The van der Waals surface area contributed by atoms with E-state index in [0.717, 1.165) is 12.1 Å². The van der Waals surface area contributed by atoms with E-state index < -0.39 is 0 Å². The minimum Gasteiger partial charge on any atom is -0.325 e. The number of thioether (sulfide) groups is 1. The number of nitrogens with zero attached hydrogens (tertiary/aromatic N) is 4.